The van der Waals surface area contributed by atoms with Crippen molar-refractivity contribution < 1.29 is 19.7 Å². The monoisotopic (exact) mass is 368 g/mol. The van der Waals surface area contributed by atoms with Gasteiger partial charge in [0.1, 0.15) is 18.1 Å². The molecule has 0 aromatic heterocycles. The Morgan fingerprint density at radius 1 is 1.15 bits per heavy atom. The molecular formula is C21H26N3O3+. The van der Waals surface area contributed by atoms with Crippen LogP contribution in [0, 0.1) is 0 Å². The number of nitrogens with two attached hydrogens (primary N) is 1. The van der Waals surface area contributed by atoms with Crippen LogP contribution in [0.2, 0.25) is 0 Å². The molecule has 0 spiro atoms. The number of benzene rings is 2. The van der Waals surface area contributed by atoms with Gasteiger partial charge in [-0.2, -0.15) is 0 Å². The van der Waals surface area contributed by atoms with Gasteiger partial charge in [0.2, 0.25) is 0 Å². The quantitative estimate of drug-likeness (QED) is 0.489. The zero-order valence-corrected chi connectivity index (χ0v) is 15.9. The van der Waals surface area contributed by atoms with E-state index in [1.165, 1.54) is 0 Å². The molecule has 27 heavy (non-hydrogen) atoms. The number of nitrogens with one attached hydrogen (secondary N) is 2. The molecule has 2 aromatic carbocycles. The van der Waals surface area contributed by atoms with Crippen molar-refractivity contribution in [3.8, 4) is 11.5 Å². The highest BCUT2D eigenvalue weighted by Gasteiger charge is 2.16. The highest BCUT2D eigenvalue weighted by Crippen LogP contribution is 2.25. The predicted octanol–water partition coefficient (Wildman–Crippen LogP) is 1.67. The number of carbonyl (C=O) groups excluding carboxylic acids is 1. The van der Waals surface area contributed by atoms with Crippen molar-refractivity contribution in [2.75, 3.05) is 7.05 Å². The lowest BCUT2D eigenvalue weighted by atomic mass is 10.1. The topological polar surface area (TPSA) is 85.2 Å². The van der Waals surface area contributed by atoms with E-state index in [1.807, 2.05) is 44.2 Å². The molecule has 4 N–H and O–H groups in total. The van der Waals surface area contributed by atoms with Gasteiger partial charge in [0.25, 0.3) is 5.84 Å². The third kappa shape index (κ3) is 6.86. The van der Waals surface area contributed by atoms with Crippen LogP contribution in [0.4, 0.5) is 0 Å². The molecule has 0 bridgehead atoms. The van der Waals surface area contributed by atoms with Crippen molar-refractivity contribution >= 4 is 11.7 Å². The summed E-state index contributed by atoms with van der Waals surface area (Å²) in [4.78, 5) is 12.5. The fraction of sp³-hybridized carbons (Fsp3) is 0.238. The summed E-state index contributed by atoms with van der Waals surface area (Å²) in [7, 11) is 1.74. The number of amidine groups is 1. The molecule has 0 radical (unpaired) electrons. The van der Waals surface area contributed by atoms with Gasteiger partial charge < -0.3 is 14.8 Å². The van der Waals surface area contributed by atoms with Crippen molar-refractivity contribution in [2.45, 2.75) is 26.6 Å². The van der Waals surface area contributed by atoms with Crippen LogP contribution in [0.15, 0.2) is 60.8 Å². The largest absolute Gasteiger partial charge is 0.491 e. The Morgan fingerprint density at radius 3 is 2.52 bits per heavy atom. The van der Waals surface area contributed by atoms with Crippen LogP contribution in [0.1, 0.15) is 29.8 Å². The fourth-order valence-corrected chi connectivity index (χ4v) is 2.29. The number of ether oxygens (including phenoxy) is 2. The molecule has 0 saturated heterocycles. The Labute approximate surface area is 159 Å². The van der Waals surface area contributed by atoms with Crippen molar-refractivity contribution in [1.29, 1.82) is 0 Å². The smallest absolute Gasteiger partial charge is 0.339 e. The molecule has 2 rings (SSSR count). The summed E-state index contributed by atoms with van der Waals surface area (Å²) in [6.07, 6.45) is 3.17. The highest BCUT2D eigenvalue weighted by atomic mass is 16.5. The second-order valence-electron chi connectivity index (χ2n) is 6.17. The van der Waals surface area contributed by atoms with Crippen LogP contribution in [-0.2, 0) is 6.61 Å². The molecule has 6 heteroatoms. The first-order valence-corrected chi connectivity index (χ1v) is 8.74. The second-order valence-corrected chi connectivity index (χ2v) is 6.17. The molecule has 0 fully saturated rings. The van der Waals surface area contributed by atoms with Gasteiger partial charge in [0.15, 0.2) is 0 Å². The molecule has 0 aliphatic carbocycles. The maximum atomic E-state index is 12.5. The minimum atomic E-state index is -0.341. The first-order chi connectivity index (χ1) is 13.0. The summed E-state index contributed by atoms with van der Waals surface area (Å²) < 4.78 is 11.6. The molecule has 0 heterocycles. The highest BCUT2D eigenvalue weighted by molar-refractivity contribution is 6.08. The zero-order valence-electron chi connectivity index (χ0n) is 15.9. The Kier molecular flexibility index (Phi) is 7.43. The van der Waals surface area contributed by atoms with E-state index in [2.05, 4.69) is 10.6 Å². The molecule has 0 aliphatic heterocycles. The van der Waals surface area contributed by atoms with Gasteiger partial charge in [-0.15, -0.1) is 0 Å². The maximum Gasteiger partial charge on any atom is 0.339 e. The SMILES string of the molecule is CN/C=C\C(=[NH2+])NC(=O)c1cc(OCc2ccccc2)cc(OC(C)C)c1. The average Bonchev–Trinajstić information content (AvgIpc) is 2.65. The van der Waals surface area contributed by atoms with E-state index in [0.29, 0.717) is 23.7 Å². The number of rotatable bonds is 8. The Morgan fingerprint density at radius 2 is 1.85 bits per heavy atom. The van der Waals surface area contributed by atoms with Gasteiger partial charge in [-0.05, 0) is 31.5 Å². The Bertz CT molecular complexity index is 802. The molecule has 142 valence electrons. The zero-order chi connectivity index (χ0) is 19.6. The van der Waals surface area contributed by atoms with Gasteiger partial charge in [-0.3, -0.25) is 5.41 Å². The van der Waals surface area contributed by atoms with Crippen LogP contribution in [0.5, 0.6) is 11.5 Å². The molecule has 0 unspecified atom stereocenters. The first-order valence-electron chi connectivity index (χ1n) is 8.74. The molecule has 0 atom stereocenters. The van der Waals surface area contributed by atoms with Crippen LogP contribution in [0.25, 0.3) is 0 Å². The molecule has 0 saturated carbocycles. The maximum absolute atomic E-state index is 12.5. The van der Waals surface area contributed by atoms with Gasteiger partial charge in [-0.1, -0.05) is 30.3 Å². The van der Waals surface area contributed by atoms with Crippen LogP contribution in [0.3, 0.4) is 0 Å². The van der Waals surface area contributed by atoms with Gasteiger partial charge in [0, 0.05) is 25.4 Å². The molecular weight excluding hydrogens is 342 g/mol. The number of hydrogen-bond donors (Lipinski definition) is 3. The minimum Gasteiger partial charge on any atom is -0.491 e. The van der Waals surface area contributed by atoms with Crippen LogP contribution < -0.4 is 25.5 Å². The van der Waals surface area contributed by atoms with Gasteiger partial charge >= 0.3 is 5.91 Å². The van der Waals surface area contributed by atoms with E-state index >= 15 is 0 Å². The molecule has 2 aromatic rings. The summed E-state index contributed by atoms with van der Waals surface area (Å²) >= 11 is 0. The van der Waals surface area contributed by atoms with Gasteiger partial charge in [0.05, 0.1) is 11.7 Å². The predicted molar refractivity (Wildman–Crippen MR) is 106 cm³/mol. The van der Waals surface area contributed by atoms with E-state index in [4.69, 9.17) is 14.9 Å². The molecule has 0 aliphatic rings. The Hall–Kier alpha value is -3.28. The van der Waals surface area contributed by atoms with Crippen molar-refractivity contribution in [2.24, 2.45) is 0 Å². The van der Waals surface area contributed by atoms with E-state index in [9.17, 15) is 4.79 Å². The van der Waals surface area contributed by atoms with Crippen molar-refractivity contribution in [3.63, 3.8) is 0 Å². The standard InChI is InChI=1S/C21H25N3O3/c1-15(2)27-19-12-17(21(25)24-20(22)9-10-23-3)11-18(13-19)26-14-16-7-5-4-6-8-16/h4-13,15,23H,14H2,1-3H3,(H2,22,24,25)/p+1/b10-9-. The first kappa shape index (κ1) is 20.0. The molecule has 6 nitrogen and oxygen atoms in total. The third-order valence-electron chi connectivity index (χ3n) is 3.45. The fourth-order valence-electron chi connectivity index (χ4n) is 2.29. The lowest BCUT2D eigenvalue weighted by Gasteiger charge is -2.13. The van der Waals surface area contributed by atoms with E-state index < -0.39 is 0 Å². The second kappa shape index (κ2) is 10.0. The van der Waals surface area contributed by atoms with E-state index in [1.54, 1.807) is 37.5 Å². The number of amides is 1. The van der Waals surface area contributed by atoms with Crippen LogP contribution in [-0.4, -0.2) is 24.9 Å². The Balaban J connectivity index is 2.18. The lowest BCUT2D eigenvalue weighted by Crippen LogP contribution is -2.49. The summed E-state index contributed by atoms with van der Waals surface area (Å²) in [6, 6.07) is 14.9. The van der Waals surface area contributed by atoms with Gasteiger partial charge in [-0.25, -0.2) is 10.1 Å². The van der Waals surface area contributed by atoms with Crippen molar-refractivity contribution in [1.82, 2.24) is 10.6 Å². The normalized spacial score (nSPS) is 10.7. The average molecular weight is 368 g/mol. The molecule has 1 amide bonds. The third-order valence-corrected chi connectivity index (χ3v) is 3.45. The van der Waals surface area contributed by atoms with Crippen LogP contribution >= 0.6 is 0 Å². The number of hydrogen-bond acceptors (Lipinski definition) is 4. The minimum absolute atomic E-state index is 0.0273. The summed E-state index contributed by atoms with van der Waals surface area (Å²) in [5, 5.41) is 11.2. The summed E-state index contributed by atoms with van der Waals surface area (Å²) in [6.45, 7) is 4.24. The van der Waals surface area contributed by atoms with Crippen molar-refractivity contribution in [3.05, 3.63) is 71.9 Å². The summed E-state index contributed by atoms with van der Waals surface area (Å²) in [5.74, 6) is 1.000. The number of carbonyl (C=O) groups is 1. The lowest BCUT2D eigenvalue weighted by molar-refractivity contribution is -0.115. The van der Waals surface area contributed by atoms with E-state index in [0.717, 1.165) is 5.56 Å². The van der Waals surface area contributed by atoms with E-state index in [-0.39, 0.29) is 17.8 Å². The summed E-state index contributed by atoms with van der Waals surface area (Å²) in [5.41, 5.74) is 1.44.